The van der Waals surface area contributed by atoms with Crippen LogP contribution in [-0.2, 0) is 9.84 Å². The van der Waals surface area contributed by atoms with E-state index in [-0.39, 0.29) is 0 Å². The lowest BCUT2D eigenvalue weighted by molar-refractivity contribution is 0.0690. The number of carboxylic acid groups (broad SMARTS) is 1. The van der Waals surface area contributed by atoms with Gasteiger partial charge in [-0.15, -0.1) is 0 Å². The molecule has 92 valence electrons. The first-order valence-corrected chi connectivity index (χ1v) is 6.16. The van der Waals surface area contributed by atoms with Crippen molar-refractivity contribution in [3.63, 3.8) is 0 Å². The normalized spacial score (nSPS) is 11.5. The lowest BCUT2D eigenvalue weighted by Gasteiger charge is -2.05. The molecule has 0 amide bonds. The molecule has 0 fully saturated rings. The van der Waals surface area contributed by atoms with Gasteiger partial charge in [0.25, 0.3) is 0 Å². The quantitative estimate of drug-likeness (QED) is 0.819. The Morgan fingerprint density at radius 2 is 1.94 bits per heavy atom. The lowest BCUT2D eigenvalue weighted by Crippen LogP contribution is -2.26. The monoisotopic (exact) mass is 258 g/mol. The molecule has 0 aromatic carbocycles. The van der Waals surface area contributed by atoms with Gasteiger partial charge >= 0.3 is 11.1 Å². The van der Waals surface area contributed by atoms with Gasteiger partial charge in [0.2, 0.25) is 15.7 Å². The Labute approximate surface area is 97.4 Å². The number of nitrogens with zero attached hydrogens (tertiary/aromatic N) is 2. The summed E-state index contributed by atoms with van der Waals surface area (Å²) in [5.41, 5.74) is -0.428. The van der Waals surface area contributed by atoms with Crippen LogP contribution in [0, 0.1) is 0 Å². The van der Waals surface area contributed by atoms with E-state index in [2.05, 4.69) is 9.97 Å². The van der Waals surface area contributed by atoms with E-state index in [1.165, 1.54) is 13.8 Å². The van der Waals surface area contributed by atoms with Gasteiger partial charge in [-0.05, 0) is 19.9 Å². The predicted molar refractivity (Wildman–Crippen MR) is 57.4 cm³/mol. The largest absolute Gasteiger partial charge is 0.477 e. The van der Waals surface area contributed by atoms with E-state index < -0.39 is 37.7 Å². The van der Waals surface area contributed by atoms with Crippen LogP contribution in [0.1, 0.15) is 35.0 Å². The highest BCUT2D eigenvalue weighted by atomic mass is 32.2. The summed E-state index contributed by atoms with van der Waals surface area (Å²) in [6.45, 7) is 2.68. The first-order chi connectivity index (χ1) is 7.76. The topological polar surface area (TPSA) is 114 Å². The fourth-order valence-electron chi connectivity index (χ4n) is 0.917. The van der Waals surface area contributed by atoms with Gasteiger partial charge in [0.05, 0.1) is 5.25 Å². The molecular formula is C9H10N2O5S. The molecule has 0 aliphatic rings. The average molecular weight is 258 g/mol. The van der Waals surface area contributed by atoms with Crippen molar-refractivity contribution >= 4 is 20.9 Å². The molecule has 0 bridgehead atoms. The minimum Gasteiger partial charge on any atom is -0.477 e. The minimum atomic E-state index is -4.03. The Morgan fingerprint density at radius 1 is 1.35 bits per heavy atom. The van der Waals surface area contributed by atoms with E-state index in [1.54, 1.807) is 0 Å². The fourth-order valence-corrected chi connectivity index (χ4v) is 1.70. The van der Waals surface area contributed by atoms with Crippen molar-refractivity contribution in [1.82, 2.24) is 9.97 Å². The van der Waals surface area contributed by atoms with E-state index in [9.17, 15) is 18.0 Å². The van der Waals surface area contributed by atoms with Gasteiger partial charge in [-0.2, -0.15) is 0 Å². The number of aromatic nitrogens is 2. The number of aromatic carboxylic acids is 1. The van der Waals surface area contributed by atoms with Crippen molar-refractivity contribution in [2.24, 2.45) is 0 Å². The van der Waals surface area contributed by atoms with Crippen LogP contribution >= 0.6 is 0 Å². The number of rotatable bonds is 3. The molecule has 1 heterocycles. The third-order valence-corrected chi connectivity index (χ3v) is 3.88. The van der Waals surface area contributed by atoms with Gasteiger partial charge in [0.15, 0.2) is 5.69 Å². The third-order valence-electron chi connectivity index (χ3n) is 1.94. The van der Waals surface area contributed by atoms with Crippen LogP contribution in [0.4, 0.5) is 0 Å². The van der Waals surface area contributed by atoms with Gasteiger partial charge in [-0.3, -0.25) is 4.79 Å². The predicted octanol–water partition coefficient (Wildman–Crippen LogP) is 0.138. The van der Waals surface area contributed by atoms with Gasteiger partial charge in [0.1, 0.15) is 0 Å². The summed E-state index contributed by atoms with van der Waals surface area (Å²) >= 11 is 0. The first-order valence-electron chi connectivity index (χ1n) is 4.61. The molecule has 1 aromatic heterocycles. The molecule has 0 radical (unpaired) electrons. The lowest BCUT2D eigenvalue weighted by atomic mass is 10.4. The van der Waals surface area contributed by atoms with Crippen molar-refractivity contribution in [2.45, 2.75) is 19.1 Å². The van der Waals surface area contributed by atoms with E-state index in [0.29, 0.717) is 0 Å². The van der Waals surface area contributed by atoms with Crippen molar-refractivity contribution in [3.8, 4) is 0 Å². The summed E-state index contributed by atoms with van der Waals surface area (Å²) in [5, 5.41) is 6.47. The van der Waals surface area contributed by atoms with Crippen molar-refractivity contribution in [1.29, 1.82) is 0 Å². The molecule has 0 aliphatic carbocycles. The highest BCUT2D eigenvalue weighted by Gasteiger charge is 2.30. The van der Waals surface area contributed by atoms with Gasteiger partial charge in [-0.25, -0.2) is 23.2 Å². The maximum atomic E-state index is 11.6. The van der Waals surface area contributed by atoms with Gasteiger partial charge in [-0.1, -0.05) is 0 Å². The average Bonchev–Trinajstić information content (AvgIpc) is 2.27. The molecular weight excluding hydrogens is 248 g/mol. The van der Waals surface area contributed by atoms with Crippen LogP contribution in [0.5, 0.6) is 0 Å². The highest BCUT2D eigenvalue weighted by molar-refractivity contribution is 8.07. The maximum absolute atomic E-state index is 11.6. The molecule has 1 aromatic rings. The van der Waals surface area contributed by atoms with Crippen LogP contribution in [-0.4, -0.2) is 39.8 Å². The molecule has 0 aliphatic heterocycles. The third kappa shape index (κ3) is 2.64. The van der Waals surface area contributed by atoms with Gasteiger partial charge < -0.3 is 5.11 Å². The molecule has 7 nitrogen and oxygen atoms in total. The molecule has 1 N–H and O–H groups in total. The van der Waals surface area contributed by atoms with Gasteiger partial charge in [0, 0.05) is 6.20 Å². The number of sulfone groups is 1. The first kappa shape index (κ1) is 13.2. The van der Waals surface area contributed by atoms with Crippen molar-refractivity contribution in [3.05, 3.63) is 23.8 Å². The zero-order valence-electron chi connectivity index (χ0n) is 9.11. The fraction of sp³-hybridized carbons (Fsp3) is 0.333. The van der Waals surface area contributed by atoms with E-state index in [1.807, 2.05) is 0 Å². The molecule has 17 heavy (non-hydrogen) atoms. The van der Waals surface area contributed by atoms with Crippen LogP contribution < -0.4 is 0 Å². The summed E-state index contributed by atoms with van der Waals surface area (Å²) in [5.74, 6) is -1.98. The smallest absolute Gasteiger partial charge is 0.354 e. The summed E-state index contributed by atoms with van der Waals surface area (Å²) in [6.07, 6.45) is 1.03. The molecule has 8 heteroatoms. The van der Waals surface area contributed by atoms with Crippen molar-refractivity contribution < 1.29 is 23.1 Å². The highest BCUT2D eigenvalue weighted by Crippen LogP contribution is 2.08. The molecule has 0 atom stereocenters. The second-order valence-corrected chi connectivity index (χ2v) is 5.86. The number of hydrogen-bond donors (Lipinski definition) is 1. The Hall–Kier alpha value is -1.83. The zero-order valence-corrected chi connectivity index (χ0v) is 9.93. The zero-order chi connectivity index (χ0) is 13.2. The number of carboxylic acids is 1. The summed E-state index contributed by atoms with van der Waals surface area (Å²) < 4.78 is 23.1. The van der Waals surface area contributed by atoms with Crippen LogP contribution in [0.3, 0.4) is 0 Å². The summed E-state index contributed by atoms with van der Waals surface area (Å²) in [4.78, 5) is 29.0. The molecule has 0 saturated carbocycles. The van der Waals surface area contributed by atoms with E-state index >= 15 is 0 Å². The standard InChI is InChI=1S/C9H10N2O5S/c1-5(2)17(15,16)9(14)7-10-4-3-6(11-7)8(12)13/h3-5H,1-2H3,(H,12,13). The molecule has 0 unspecified atom stereocenters. The Bertz CT molecular complexity index is 565. The van der Waals surface area contributed by atoms with Crippen LogP contribution in [0.25, 0.3) is 0 Å². The van der Waals surface area contributed by atoms with Crippen LogP contribution in [0.2, 0.25) is 0 Å². The van der Waals surface area contributed by atoms with E-state index in [4.69, 9.17) is 5.11 Å². The second kappa shape index (κ2) is 4.58. The van der Waals surface area contributed by atoms with Crippen LogP contribution in [0.15, 0.2) is 12.3 Å². The Morgan fingerprint density at radius 3 is 2.41 bits per heavy atom. The number of carbonyl (C=O) groups is 2. The molecule has 0 spiro atoms. The van der Waals surface area contributed by atoms with Crippen molar-refractivity contribution in [2.75, 3.05) is 0 Å². The van der Waals surface area contributed by atoms with E-state index in [0.717, 1.165) is 12.3 Å². The molecule has 1 rings (SSSR count). The number of carbonyl (C=O) groups excluding carboxylic acids is 1. The number of hydrogen-bond acceptors (Lipinski definition) is 6. The summed E-state index contributed by atoms with van der Waals surface area (Å²) in [6, 6.07) is 1.07. The SMILES string of the molecule is CC(C)S(=O)(=O)C(=O)c1nccc(C(=O)O)n1. The maximum Gasteiger partial charge on any atom is 0.354 e. The Kier molecular flexibility index (Phi) is 3.56. The summed E-state index contributed by atoms with van der Waals surface area (Å²) in [7, 11) is -4.03. The minimum absolute atomic E-state index is 0.428. The second-order valence-electron chi connectivity index (χ2n) is 3.45. The molecule has 0 saturated heterocycles. The Balaban J connectivity index is 3.23.